The highest BCUT2D eigenvalue weighted by molar-refractivity contribution is 6.30. The number of benzene rings is 1. The number of rotatable bonds is 3. The molecule has 114 valence electrons. The Morgan fingerprint density at radius 3 is 2.55 bits per heavy atom. The van der Waals surface area contributed by atoms with E-state index in [9.17, 15) is 4.79 Å². The molecule has 2 aromatic heterocycles. The molecule has 0 saturated heterocycles. The number of nitrogens with zero attached hydrogens (tertiary/aromatic N) is 4. The van der Waals surface area contributed by atoms with Crippen LogP contribution in [0.4, 0.5) is 0 Å². The zero-order valence-corrected chi connectivity index (χ0v) is 13.3. The molecular formula is C15H16ClN5O. The summed E-state index contributed by atoms with van der Waals surface area (Å²) in [5.41, 5.74) is 2.52. The third kappa shape index (κ3) is 2.35. The first-order valence-corrected chi connectivity index (χ1v) is 7.28. The Hall–Kier alpha value is -2.34. The quantitative estimate of drug-likeness (QED) is 0.807. The van der Waals surface area contributed by atoms with Crippen LogP contribution < -0.4 is 5.69 Å². The maximum Gasteiger partial charge on any atom is 0.344 e. The van der Waals surface area contributed by atoms with Crippen molar-refractivity contribution >= 4 is 11.6 Å². The van der Waals surface area contributed by atoms with Gasteiger partial charge in [-0.2, -0.15) is 10.2 Å². The van der Waals surface area contributed by atoms with Crippen LogP contribution in [0.3, 0.4) is 0 Å². The molecule has 0 amide bonds. The number of aromatic amines is 1. The molecule has 0 bridgehead atoms. The van der Waals surface area contributed by atoms with Gasteiger partial charge in [-0.15, -0.1) is 0 Å². The zero-order chi connectivity index (χ0) is 15.9. The summed E-state index contributed by atoms with van der Waals surface area (Å²) in [6, 6.07) is 7.28. The molecular weight excluding hydrogens is 302 g/mol. The topological polar surface area (TPSA) is 68.5 Å². The standard InChI is InChI=1S/C15H16ClN5O/c1-9(11-4-6-12(16)7-5-11)21-14(18-19-15(21)22)13-8-17-20(3)10(13)2/h4-9H,1-3H3,(H,19,22)/t9-/m0/s1. The minimum atomic E-state index is -0.249. The monoisotopic (exact) mass is 317 g/mol. The third-order valence-electron chi connectivity index (χ3n) is 3.92. The van der Waals surface area contributed by atoms with E-state index in [1.807, 2.05) is 45.2 Å². The maximum absolute atomic E-state index is 12.2. The summed E-state index contributed by atoms with van der Waals surface area (Å²) in [5.74, 6) is 0.582. The van der Waals surface area contributed by atoms with Crippen LogP contribution in [0.5, 0.6) is 0 Å². The Kier molecular flexibility index (Phi) is 3.62. The van der Waals surface area contributed by atoms with Gasteiger partial charge < -0.3 is 0 Å². The van der Waals surface area contributed by atoms with Crippen LogP contribution in [-0.2, 0) is 7.05 Å². The lowest BCUT2D eigenvalue weighted by Gasteiger charge is -2.15. The van der Waals surface area contributed by atoms with Gasteiger partial charge in [0, 0.05) is 17.8 Å². The van der Waals surface area contributed by atoms with Crippen molar-refractivity contribution in [3.8, 4) is 11.4 Å². The summed E-state index contributed by atoms with van der Waals surface area (Å²) >= 11 is 5.93. The van der Waals surface area contributed by atoms with Gasteiger partial charge in [0.1, 0.15) is 0 Å². The van der Waals surface area contributed by atoms with Gasteiger partial charge in [-0.3, -0.25) is 9.25 Å². The van der Waals surface area contributed by atoms with E-state index >= 15 is 0 Å². The lowest BCUT2D eigenvalue weighted by atomic mass is 10.1. The van der Waals surface area contributed by atoms with Crippen LogP contribution in [0.2, 0.25) is 5.02 Å². The molecule has 0 radical (unpaired) electrons. The second kappa shape index (κ2) is 5.46. The molecule has 22 heavy (non-hydrogen) atoms. The molecule has 1 atom stereocenters. The number of H-pyrrole nitrogens is 1. The highest BCUT2D eigenvalue weighted by Crippen LogP contribution is 2.25. The molecule has 1 N–H and O–H groups in total. The molecule has 0 spiro atoms. The first-order valence-electron chi connectivity index (χ1n) is 6.90. The van der Waals surface area contributed by atoms with Gasteiger partial charge in [0.25, 0.3) is 0 Å². The van der Waals surface area contributed by atoms with Crippen LogP contribution >= 0.6 is 11.6 Å². The molecule has 0 aliphatic rings. The van der Waals surface area contributed by atoms with Crippen molar-refractivity contribution in [2.45, 2.75) is 19.9 Å². The smallest absolute Gasteiger partial charge is 0.272 e. The molecule has 0 fully saturated rings. The number of aromatic nitrogens is 5. The first-order chi connectivity index (χ1) is 10.5. The molecule has 0 unspecified atom stereocenters. The van der Waals surface area contributed by atoms with Crippen LogP contribution in [-0.4, -0.2) is 24.5 Å². The van der Waals surface area contributed by atoms with Gasteiger partial charge in [0.05, 0.1) is 17.8 Å². The second-order valence-electron chi connectivity index (χ2n) is 5.22. The minimum absolute atomic E-state index is 0.168. The lowest BCUT2D eigenvalue weighted by molar-refractivity contribution is 0.622. The number of nitrogens with one attached hydrogen (secondary N) is 1. The highest BCUT2D eigenvalue weighted by Gasteiger charge is 2.20. The van der Waals surface area contributed by atoms with Gasteiger partial charge >= 0.3 is 5.69 Å². The van der Waals surface area contributed by atoms with E-state index in [1.54, 1.807) is 15.4 Å². The van der Waals surface area contributed by atoms with E-state index in [0.717, 1.165) is 16.8 Å². The summed E-state index contributed by atoms with van der Waals surface area (Å²) < 4.78 is 3.39. The zero-order valence-electron chi connectivity index (χ0n) is 12.5. The minimum Gasteiger partial charge on any atom is -0.272 e. The number of hydrogen-bond acceptors (Lipinski definition) is 3. The van der Waals surface area contributed by atoms with Gasteiger partial charge in [-0.25, -0.2) is 9.89 Å². The SMILES string of the molecule is Cc1c(-c2n[nH]c(=O)n2[C@@H](C)c2ccc(Cl)cc2)cnn1C. The van der Waals surface area contributed by atoms with Crippen LogP contribution in [0.15, 0.2) is 35.3 Å². The molecule has 1 aromatic carbocycles. The van der Waals surface area contributed by atoms with E-state index in [4.69, 9.17) is 11.6 Å². The maximum atomic E-state index is 12.2. The Labute approximate surface area is 132 Å². The van der Waals surface area contributed by atoms with E-state index in [0.29, 0.717) is 10.8 Å². The van der Waals surface area contributed by atoms with E-state index < -0.39 is 0 Å². The normalized spacial score (nSPS) is 12.5. The molecule has 0 aliphatic heterocycles. The summed E-state index contributed by atoms with van der Waals surface area (Å²) in [6.45, 7) is 3.90. The highest BCUT2D eigenvalue weighted by atomic mass is 35.5. The van der Waals surface area contributed by atoms with Crippen molar-refractivity contribution in [1.29, 1.82) is 0 Å². The Bertz CT molecular complexity index is 859. The van der Waals surface area contributed by atoms with E-state index in [-0.39, 0.29) is 11.7 Å². The van der Waals surface area contributed by atoms with Crippen molar-refractivity contribution in [2.75, 3.05) is 0 Å². The van der Waals surface area contributed by atoms with Crippen molar-refractivity contribution in [1.82, 2.24) is 24.5 Å². The molecule has 3 aromatic rings. The molecule has 7 heteroatoms. The van der Waals surface area contributed by atoms with Gasteiger partial charge in [0.2, 0.25) is 0 Å². The molecule has 6 nitrogen and oxygen atoms in total. The lowest BCUT2D eigenvalue weighted by Crippen LogP contribution is -2.22. The van der Waals surface area contributed by atoms with Gasteiger partial charge in [0.15, 0.2) is 5.82 Å². The van der Waals surface area contributed by atoms with Crippen molar-refractivity contribution in [3.05, 3.63) is 57.2 Å². The van der Waals surface area contributed by atoms with Crippen LogP contribution in [0.1, 0.15) is 24.2 Å². The van der Waals surface area contributed by atoms with Gasteiger partial charge in [-0.05, 0) is 31.5 Å². The van der Waals surface area contributed by atoms with Crippen LogP contribution in [0.25, 0.3) is 11.4 Å². The van der Waals surface area contributed by atoms with Crippen molar-refractivity contribution < 1.29 is 0 Å². The second-order valence-corrected chi connectivity index (χ2v) is 5.65. The summed E-state index contributed by atoms with van der Waals surface area (Å²) in [6.07, 6.45) is 1.72. The predicted octanol–water partition coefficient (Wildman–Crippen LogP) is 2.54. The van der Waals surface area contributed by atoms with Crippen molar-refractivity contribution in [3.63, 3.8) is 0 Å². The largest absolute Gasteiger partial charge is 0.344 e. The fraction of sp³-hybridized carbons (Fsp3) is 0.267. The fourth-order valence-corrected chi connectivity index (χ4v) is 2.59. The van der Waals surface area contributed by atoms with Crippen LogP contribution in [0, 0.1) is 6.92 Å². The first kappa shape index (κ1) is 14.6. The fourth-order valence-electron chi connectivity index (χ4n) is 2.46. The summed E-state index contributed by atoms with van der Waals surface area (Å²) in [7, 11) is 1.86. The molecule has 0 aliphatic carbocycles. The number of halogens is 1. The number of aryl methyl sites for hydroxylation is 1. The third-order valence-corrected chi connectivity index (χ3v) is 4.17. The van der Waals surface area contributed by atoms with Gasteiger partial charge in [-0.1, -0.05) is 23.7 Å². The molecule has 0 saturated carbocycles. The predicted molar refractivity (Wildman–Crippen MR) is 85.1 cm³/mol. The van der Waals surface area contributed by atoms with E-state index in [2.05, 4.69) is 15.3 Å². The van der Waals surface area contributed by atoms with Crippen molar-refractivity contribution in [2.24, 2.45) is 7.05 Å². The average molecular weight is 318 g/mol. The number of hydrogen-bond donors (Lipinski definition) is 1. The Morgan fingerprint density at radius 1 is 1.27 bits per heavy atom. The molecule has 2 heterocycles. The summed E-state index contributed by atoms with van der Waals surface area (Å²) in [4.78, 5) is 12.2. The summed E-state index contributed by atoms with van der Waals surface area (Å²) in [5, 5.41) is 11.6. The van der Waals surface area contributed by atoms with E-state index in [1.165, 1.54) is 0 Å². The Balaban J connectivity index is 2.11. The Morgan fingerprint density at radius 2 is 1.95 bits per heavy atom. The average Bonchev–Trinajstić information content (AvgIpc) is 3.03. The molecule has 3 rings (SSSR count).